The average Bonchev–Trinajstić information content (AvgIpc) is 2.51. The average molecular weight is 257 g/mol. The van der Waals surface area contributed by atoms with Crippen LogP contribution in [0.25, 0.3) is 0 Å². The first-order valence-electron chi connectivity index (χ1n) is 5.70. The summed E-state index contributed by atoms with van der Waals surface area (Å²) in [5, 5.41) is 7.78. The van der Waals surface area contributed by atoms with Gasteiger partial charge in [0.1, 0.15) is 5.15 Å². The molecule has 94 valence electrons. The summed E-state index contributed by atoms with van der Waals surface area (Å²) in [7, 11) is 1.82. The van der Waals surface area contributed by atoms with E-state index in [0.29, 0.717) is 18.2 Å². The van der Waals surface area contributed by atoms with Crippen molar-refractivity contribution in [2.24, 2.45) is 7.05 Å². The number of nitrogens with one attached hydrogen (secondary N) is 1. The minimum atomic E-state index is -0.112. The summed E-state index contributed by atoms with van der Waals surface area (Å²) in [4.78, 5) is 13.7. The van der Waals surface area contributed by atoms with Gasteiger partial charge in [0.2, 0.25) is 5.91 Å². The van der Waals surface area contributed by atoms with Gasteiger partial charge in [0.25, 0.3) is 0 Å². The van der Waals surface area contributed by atoms with Crippen molar-refractivity contribution in [3.63, 3.8) is 0 Å². The Morgan fingerprint density at radius 3 is 2.88 bits per heavy atom. The molecule has 0 bridgehead atoms. The van der Waals surface area contributed by atoms with Crippen LogP contribution in [0.15, 0.2) is 0 Å². The minimum absolute atomic E-state index is 0.0777. The molecule has 1 aromatic heterocycles. The topological polar surface area (TPSA) is 50.2 Å². The van der Waals surface area contributed by atoms with Gasteiger partial charge in [0.05, 0.1) is 11.7 Å². The molecule has 1 saturated heterocycles. The molecule has 1 unspecified atom stereocenters. The maximum absolute atomic E-state index is 11.6. The second-order valence-electron chi connectivity index (χ2n) is 4.42. The van der Waals surface area contributed by atoms with Crippen molar-refractivity contribution in [2.45, 2.75) is 26.4 Å². The van der Waals surface area contributed by atoms with E-state index in [1.54, 1.807) is 4.68 Å². The number of aryl methyl sites for hydroxylation is 2. The molecule has 1 atom stereocenters. The van der Waals surface area contributed by atoms with Crippen LogP contribution in [0.1, 0.15) is 18.2 Å². The maximum atomic E-state index is 11.6. The van der Waals surface area contributed by atoms with Gasteiger partial charge in [-0.3, -0.25) is 14.4 Å². The van der Waals surface area contributed by atoms with E-state index >= 15 is 0 Å². The summed E-state index contributed by atoms with van der Waals surface area (Å²) in [6.07, 6.45) is 0. The molecule has 1 aliphatic heterocycles. The summed E-state index contributed by atoms with van der Waals surface area (Å²) < 4.78 is 1.67. The Kier molecular flexibility index (Phi) is 3.40. The van der Waals surface area contributed by atoms with Crippen molar-refractivity contribution in [3.05, 3.63) is 16.4 Å². The summed E-state index contributed by atoms with van der Waals surface area (Å²) in [5.41, 5.74) is 1.94. The number of carbonyl (C=O) groups is 1. The quantitative estimate of drug-likeness (QED) is 0.848. The molecule has 1 fully saturated rings. The highest BCUT2D eigenvalue weighted by Gasteiger charge is 2.27. The van der Waals surface area contributed by atoms with Crippen LogP contribution < -0.4 is 5.32 Å². The number of halogens is 1. The first-order valence-corrected chi connectivity index (χ1v) is 6.08. The van der Waals surface area contributed by atoms with E-state index < -0.39 is 0 Å². The van der Waals surface area contributed by atoms with Crippen molar-refractivity contribution >= 4 is 17.5 Å². The Bertz CT molecular complexity index is 443. The molecule has 17 heavy (non-hydrogen) atoms. The number of carbonyl (C=O) groups excluding carboxylic acids is 1. The van der Waals surface area contributed by atoms with Crippen LogP contribution in [0, 0.1) is 6.92 Å². The van der Waals surface area contributed by atoms with Gasteiger partial charge >= 0.3 is 0 Å². The molecule has 0 radical (unpaired) electrons. The van der Waals surface area contributed by atoms with Crippen LogP contribution in [-0.2, 0) is 18.4 Å². The molecule has 2 heterocycles. The summed E-state index contributed by atoms with van der Waals surface area (Å²) >= 11 is 6.19. The van der Waals surface area contributed by atoms with Crippen molar-refractivity contribution in [1.82, 2.24) is 20.0 Å². The predicted octanol–water partition coefficient (Wildman–Crippen LogP) is 0.702. The summed E-state index contributed by atoms with van der Waals surface area (Å²) in [6, 6.07) is -0.112. The van der Waals surface area contributed by atoms with Crippen LogP contribution in [0.3, 0.4) is 0 Å². The fraction of sp³-hybridized carbons (Fsp3) is 0.636. The van der Waals surface area contributed by atoms with Gasteiger partial charge in [-0.05, 0) is 13.8 Å². The number of nitrogens with zero attached hydrogens (tertiary/aromatic N) is 3. The number of rotatable bonds is 2. The van der Waals surface area contributed by atoms with Gasteiger partial charge in [-0.1, -0.05) is 11.6 Å². The van der Waals surface area contributed by atoms with Gasteiger partial charge in [-0.25, -0.2) is 0 Å². The third-order valence-electron chi connectivity index (χ3n) is 3.26. The summed E-state index contributed by atoms with van der Waals surface area (Å²) in [5.74, 6) is 0.0777. The zero-order valence-electron chi connectivity index (χ0n) is 10.3. The molecule has 2 rings (SSSR count). The Balaban J connectivity index is 2.17. The Morgan fingerprint density at radius 2 is 2.29 bits per heavy atom. The molecule has 1 N–H and O–H groups in total. The number of piperazine rings is 1. The van der Waals surface area contributed by atoms with Crippen LogP contribution in [-0.4, -0.2) is 39.7 Å². The van der Waals surface area contributed by atoms with Crippen LogP contribution >= 0.6 is 11.6 Å². The smallest absolute Gasteiger partial charge is 0.237 e. The standard InChI is InChI=1S/C11H17ClN4O/c1-7-9(10(12)15(3)14-7)6-16-5-4-13-11(17)8(16)2/h8H,4-6H2,1-3H3,(H,13,17). The largest absolute Gasteiger partial charge is 0.353 e. The normalized spacial score (nSPS) is 21.6. The van der Waals surface area contributed by atoms with E-state index in [9.17, 15) is 4.79 Å². The number of aromatic nitrogens is 2. The fourth-order valence-electron chi connectivity index (χ4n) is 2.10. The molecular weight excluding hydrogens is 240 g/mol. The van der Waals surface area contributed by atoms with Gasteiger partial charge < -0.3 is 5.32 Å². The van der Waals surface area contributed by atoms with E-state index in [2.05, 4.69) is 15.3 Å². The van der Waals surface area contributed by atoms with Gasteiger partial charge in [0.15, 0.2) is 0 Å². The molecule has 1 aromatic rings. The predicted molar refractivity (Wildman–Crippen MR) is 65.8 cm³/mol. The molecule has 1 amide bonds. The zero-order chi connectivity index (χ0) is 12.6. The van der Waals surface area contributed by atoms with E-state index in [-0.39, 0.29) is 11.9 Å². The number of amides is 1. The molecule has 0 aliphatic carbocycles. The highest BCUT2D eigenvalue weighted by molar-refractivity contribution is 6.30. The second kappa shape index (κ2) is 4.66. The summed E-state index contributed by atoms with van der Waals surface area (Å²) in [6.45, 7) is 6.06. The Labute approximate surface area is 106 Å². The van der Waals surface area contributed by atoms with Gasteiger partial charge in [-0.2, -0.15) is 5.10 Å². The van der Waals surface area contributed by atoms with E-state index in [1.165, 1.54) is 0 Å². The van der Waals surface area contributed by atoms with Crippen molar-refractivity contribution < 1.29 is 4.79 Å². The van der Waals surface area contributed by atoms with Crippen molar-refractivity contribution in [1.29, 1.82) is 0 Å². The van der Waals surface area contributed by atoms with E-state index in [4.69, 9.17) is 11.6 Å². The molecule has 5 nitrogen and oxygen atoms in total. The highest BCUT2D eigenvalue weighted by Crippen LogP contribution is 2.21. The highest BCUT2D eigenvalue weighted by atomic mass is 35.5. The third-order valence-corrected chi connectivity index (χ3v) is 3.73. The fourth-order valence-corrected chi connectivity index (χ4v) is 2.34. The third kappa shape index (κ3) is 2.30. The van der Waals surface area contributed by atoms with Crippen molar-refractivity contribution in [3.8, 4) is 0 Å². The molecule has 6 heteroatoms. The molecule has 0 aromatic carbocycles. The lowest BCUT2D eigenvalue weighted by molar-refractivity contribution is -0.128. The lowest BCUT2D eigenvalue weighted by atomic mass is 10.1. The van der Waals surface area contributed by atoms with E-state index in [0.717, 1.165) is 17.8 Å². The Morgan fingerprint density at radius 1 is 1.59 bits per heavy atom. The Hall–Kier alpha value is -1.07. The minimum Gasteiger partial charge on any atom is -0.353 e. The van der Waals surface area contributed by atoms with Gasteiger partial charge in [0, 0.05) is 32.2 Å². The lowest BCUT2D eigenvalue weighted by Crippen LogP contribution is -2.53. The van der Waals surface area contributed by atoms with Crippen molar-refractivity contribution in [2.75, 3.05) is 13.1 Å². The monoisotopic (exact) mass is 256 g/mol. The van der Waals surface area contributed by atoms with Crippen LogP contribution in [0.2, 0.25) is 5.15 Å². The first kappa shape index (κ1) is 12.4. The maximum Gasteiger partial charge on any atom is 0.237 e. The lowest BCUT2D eigenvalue weighted by Gasteiger charge is -2.32. The molecule has 1 aliphatic rings. The SMILES string of the molecule is Cc1nn(C)c(Cl)c1CN1CCNC(=O)C1C. The number of hydrogen-bond donors (Lipinski definition) is 1. The molecule has 0 spiro atoms. The first-order chi connectivity index (χ1) is 8.00. The zero-order valence-corrected chi connectivity index (χ0v) is 11.1. The van der Waals surface area contributed by atoms with Gasteiger partial charge in [-0.15, -0.1) is 0 Å². The van der Waals surface area contributed by atoms with Crippen LogP contribution in [0.4, 0.5) is 0 Å². The molecule has 0 saturated carbocycles. The van der Waals surface area contributed by atoms with Crippen LogP contribution in [0.5, 0.6) is 0 Å². The van der Waals surface area contributed by atoms with E-state index in [1.807, 2.05) is 20.9 Å². The molecular formula is C11H17ClN4O. The second-order valence-corrected chi connectivity index (χ2v) is 4.77. The number of hydrogen-bond acceptors (Lipinski definition) is 3.